The van der Waals surface area contributed by atoms with Gasteiger partial charge in [0.1, 0.15) is 5.82 Å². The van der Waals surface area contributed by atoms with Crippen LogP contribution in [0.2, 0.25) is 0 Å². The molecule has 1 aromatic carbocycles. The number of nitrogens with one attached hydrogen (secondary N) is 1. The van der Waals surface area contributed by atoms with Crippen LogP contribution in [0.1, 0.15) is 50.0 Å². The summed E-state index contributed by atoms with van der Waals surface area (Å²) in [4.78, 5) is 11.7. The number of halogens is 1. The first-order valence-corrected chi connectivity index (χ1v) is 7.17. The Morgan fingerprint density at radius 3 is 2.63 bits per heavy atom. The zero-order valence-corrected chi connectivity index (χ0v) is 11.5. The average molecular weight is 263 g/mol. The fourth-order valence-corrected chi connectivity index (χ4v) is 3.14. The standard InChI is InChI=1S/C16H22FNO/c1-18-16(19)11-14(12-7-3-2-4-8-12)13-9-5-6-10-15(13)17/h5-6,9-10,12,14H,2-4,7-8,11H2,1H3,(H,18,19). The van der Waals surface area contributed by atoms with Crippen molar-refractivity contribution >= 4 is 5.91 Å². The first-order chi connectivity index (χ1) is 9.22. The van der Waals surface area contributed by atoms with Gasteiger partial charge in [0.05, 0.1) is 0 Å². The minimum absolute atomic E-state index is 0.00109. The van der Waals surface area contributed by atoms with Crippen LogP contribution in [0.4, 0.5) is 4.39 Å². The van der Waals surface area contributed by atoms with Gasteiger partial charge >= 0.3 is 0 Å². The SMILES string of the molecule is CNC(=O)CC(c1ccccc1F)C1CCCCC1. The smallest absolute Gasteiger partial charge is 0.220 e. The molecular weight excluding hydrogens is 241 g/mol. The minimum atomic E-state index is -0.179. The highest BCUT2D eigenvalue weighted by molar-refractivity contribution is 5.76. The molecule has 0 heterocycles. The average Bonchev–Trinajstić information content (AvgIpc) is 2.46. The molecular formula is C16H22FNO. The second kappa shape index (κ2) is 6.69. The van der Waals surface area contributed by atoms with Crippen LogP contribution in [0, 0.1) is 11.7 Å². The largest absolute Gasteiger partial charge is 0.359 e. The van der Waals surface area contributed by atoms with E-state index in [2.05, 4.69) is 5.32 Å². The van der Waals surface area contributed by atoms with E-state index >= 15 is 0 Å². The molecule has 0 aliphatic heterocycles. The summed E-state index contributed by atoms with van der Waals surface area (Å²) < 4.78 is 14.0. The lowest BCUT2D eigenvalue weighted by Crippen LogP contribution is -2.26. The number of carbonyl (C=O) groups is 1. The lowest BCUT2D eigenvalue weighted by atomic mass is 9.75. The summed E-state index contributed by atoms with van der Waals surface area (Å²) in [5.41, 5.74) is 0.706. The fraction of sp³-hybridized carbons (Fsp3) is 0.562. The highest BCUT2D eigenvalue weighted by Crippen LogP contribution is 2.38. The van der Waals surface area contributed by atoms with Crippen molar-refractivity contribution in [1.29, 1.82) is 0 Å². The molecule has 19 heavy (non-hydrogen) atoms. The van der Waals surface area contributed by atoms with Crippen molar-refractivity contribution in [3.8, 4) is 0 Å². The summed E-state index contributed by atoms with van der Waals surface area (Å²) in [6.07, 6.45) is 6.27. The molecule has 3 heteroatoms. The van der Waals surface area contributed by atoms with Crippen LogP contribution < -0.4 is 5.32 Å². The molecule has 1 atom stereocenters. The van der Waals surface area contributed by atoms with E-state index in [1.165, 1.54) is 25.3 Å². The number of amides is 1. The van der Waals surface area contributed by atoms with Gasteiger partial charge in [-0.2, -0.15) is 0 Å². The third kappa shape index (κ3) is 3.55. The summed E-state index contributed by atoms with van der Waals surface area (Å²) in [6, 6.07) is 6.89. The number of hydrogen-bond acceptors (Lipinski definition) is 1. The van der Waals surface area contributed by atoms with Crippen LogP contribution in [0.3, 0.4) is 0 Å². The maximum Gasteiger partial charge on any atom is 0.220 e. The molecule has 104 valence electrons. The third-order valence-electron chi connectivity index (χ3n) is 4.21. The van der Waals surface area contributed by atoms with E-state index in [0.717, 1.165) is 12.8 Å². The maximum absolute atomic E-state index is 14.0. The molecule has 0 bridgehead atoms. The van der Waals surface area contributed by atoms with Gasteiger partial charge in [-0.25, -0.2) is 4.39 Å². The van der Waals surface area contributed by atoms with Gasteiger partial charge in [0, 0.05) is 13.5 Å². The highest BCUT2D eigenvalue weighted by atomic mass is 19.1. The van der Waals surface area contributed by atoms with E-state index in [4.69, 9.17) is 0 Å². The summed E-state index contributed by atoms with van der Waals surface area (Å²) in [5, 5.41) is 2.66. The van der Waals surface area contributed by atoms with Crippen molar-refractivity contribution in [3.05, 3.63) is 35.6 Å². The van der Waals surface area contributed by atoms with Gasteiger partial charge in [-0.1, -0.05) is 37.5 Å². The molecule has 2 rings (SSSR count). The van der Waals surface area contributed by atoms with Gasteiger partial charge in [0.15, 0.2) is 0 Å². The van der Waals surface area contributed by atoms with E-state index in [1.807, 2.05) is 12.1 Å². The maximum atomic E-state index is 14.0. The molecule has 1 saturated carbocycles. The quantitative estimate of drug-likeness (QED) is 0.883. The molecule has 1 aliphatic carbocycles. The highest BCUT2D eigenvalue weighted by Gasteiger charge is 2.28. The van der Waals surface area contributed by atoms with E-state index in [1.54, 1.807) is 13.1 Å². The number of hydrogen-bond donors (Lipinski definition) is 1. The Kier molecular flexibility index (Phi) is 4.94. The predicted octanol–water partition coefficient (Wildman–Crippen LogP) is 3.63. The molecule has 0 radical (unpaired) electrons. The molecule has 2 nitrogen and oxygen atoms in total. The molecule has 1 N–H and O–H groups in total. The Labute approximate surface area is 114 Å². The summed E-state index contributed by atoms with van der Waals surface area (Å²) in [5.74, 6) is 0.269. The number of carbonyl (C=O) groups excluding carboxylic acids is 1. The third-order valence-corrected chi connectivity index (χ3v) is 4.21. The first-order valence-electron chi connectivity index (χ1n) is 7.17. The normalized spacial score (nSPS) is 18.0. The molecule has 1 unspecified atom stereocenters. The van der Waals surface area contributed by atoms with Gasteiger partial charge in [-0.15, -0.1) is 0 Å². The van der Waals surface area contributed by atoms with Crippen molar-refractivity contribution in [2.24, 2.45) is 5.92 Å². The van der Waals surface area contributed by atoms with Gasteiger partial charge in [-0.3, -0.25) is 4.79 Å². The lowest BCUT2D eigenvalue weighted by molar-refractivity contribution is -0.121. The van der Waals surface area contributed by atoms with Crippen molar-refractivity contribution in [1.82, 2.24) is 5.32 Å². The second-order valence-corrected chi connectivity index (χ2v) is 5.40. The van der Waals surface area contributed by atoms with Crippen LogP contribution in [0.25, 0.3) is 0 Å². The minimum Gasteiger partial charge on any atom is -0.359 e. The topological polar surface area (TPSA) is 29.1 Å². The monoisotopic (exact) mass is 263 g/mol. The van der Waals surface area contributed by atoms with Crippen LogP contribution in [-0.2, 0) is 4.79 Å². The molecule has 0 saturated heterocycles. The van der Waals surface area contributed by atoms with E-state index in [9.17, 15) is 9.18 Å². The van der Waals surface area contributed by atoms with E-state index < -0.39 is 0 Å². The fourth-order valence-electron chi connectivity index (χ4n) is 3.14. The van der Waals surface area contributed by atoms with Gasteiger partial charge in [0.25, 0.3) is 0 Å². The molecule has 1 aliphatic rings. The first kappa shape index (κ1) is 14.0. The molecule has 0 aromatic heterocycles. The number of benzene rings is 1. The van der Waals surface area contributed by atoms with Crippen LogP contribution in [0.15, 0.2) is 24.3 Å². The second-order valence-electron chi connectivity index (χ2n) is 5.40. The van der Waals surface area contributed by atoms with Gasteiger partial charge in [-0.05, 0) is 36.3 Å². The number of rotatable bonds is 4. The lowest BCUT2D eigenvalue weighted by Gasteiger charge is -2.30. The Hall–Kier alpha value is -1.38. The zero-order valence-electron chi connectivity index (χ0n) is 11.5. The summed E-state index contributed by atoms with van der Waals surface area (Å²) in [6.45, 7) is 0. The van der Waals surface area contributed by atoms with Crippen LogP contribution in [0.5, 0.6) is 0 Å². The predicted molar refractivity (Wildman–Crippen MR) is 74.4 cm³/mol. The van der Waals surface area contributed by atoms with Crippen molar-refractivity contribution in [3.63, 3.8) is 0 Å². The zero-order chi connectivity index (χ0) is 13.7. The molecule has 1 amide bonds. The van der Waals surface area contributed by atoms with E-state index in [0.29, 0.717) is 17.9 Å². The Bertz CT molecular complexity index is 427. The van der Waals surface area contributed by atoms with E-state index in [-0.39, 0.29) is 17.6 Å². The van der Waals surface area contributed by atoms with Crippen LogP contribution >= 0.6 is 0 Å². The Morgan fingerprint density at radius 2 is 2.00 bits per heavy atom. The Balaban J connectivity index is 2.22. The molecule has 1 aromatic rings. The van der Waals surface area contributed by atoms with Crippen LogP contribution in [-0.4, -0.2) is 13.0 Å². The Morgan fingerprint density at radius 1 is 1.32 bits per heavy atom. The summed E-state index contributed by atoms with van der Waals surface area (Å²) in [7, 11) is 1.64. The van der Waals surface area contributed by atoms with Crippen molar-refractivity contribution < 1.29 is 9.18 Å². The van der Waals surface area contributed by atoms with Gasteiger partial charge < -0.3 is 5.32 Å². The van der Waals surface area contributed by atoms with Crippen molar-refractivity contribution in [2.75, 3.05) is 7.05 Å². The van der Waals surface area contributed by atoms with Crippen molar-refractivity contribution in [2.45, 2.75) is 44.4 Å². The molecule has 1 fully saturated rings. The summed E-state index contributed by atoms with van der Waals surface area (Å²) >= 11 is 0. The molecule has 0 spiro atoms. The van der Waals surface area contributed by atoms with Gasteiger partial charge in [0.2, 0.25) is 5.91 Å².